The van der Waals surface area contributed by atoms with Crippen molar-refractivity contribution in [1.82, 2.24) is 24.7 Å². The van der Waals surface area contributed by atoms with Gasteiger partial charge in [-0.1, -0.05) is 0 Å². The largest absolute Gasteiger partial charge is 0.511 e. The highest BCUT2D eigenvalue weighted by atomic mass is 19.1. The number of aliphatic carboxylic acids is 1. The van der Waals surface area contributed by atoms with Crippen LogP contribution in [-0.2, 0) is 14.3 Å². The van der Waals surface area contributed by atoms with Crippen LogP contribution in [0.5, 0.6) is 17.5 Å². The summed E-state index contributed by atoms with van der Waals surface area (Å²) in [5.74, 6) is -1.79. The highest BCUT2D eigenvalue weighted by Gasteiger charge is 2.29. The monoisotopic (exact) mass is 702 g/mol. The summed E-state index contributed by atoms with van der Waals surface area (Å²) in [6.45, 7) is 1.61. The molecule has 0 saturated carbocycles. The van der Waals surface area contributed by atoms with E-state index in [0.717, 1.165) is 11.6 Å². The second-order valence-electron chi connectivity index (χ2n) is 10.6. The molecular formula is C31H36F2N8O9. The molecular weight excluding hydrogens is 666 g/mol. The van der Waals surface area contributed by atoms with E-state index < -0.39 is 43.1 Å². The molecule has 0 radical (unpaired) electrons. The molecule has 2 aromatic heterocycles. The third kappa shape index (κ3) is 11.0. The predicted octanol–water partition coefficient (Wildman–Crippen LogP) is 3.39. The lowest BCUT2D eigenvalue weighted by molar-refractivity contribution is -0.134. The average molecular weight is 703 g/mol. The van der Waals surface area contributed by atoms with Crippen LogP contribution in [0.15, 0.2) is 54.9 Å². The van der Waals surface area contributed by atoms with Crippen LogP contribution in [-0.4, -0.2) is 92.3 Å². The van der Waals surface area contributed by atoms with Crippen molar-refractivity contribution in [2.75, 3.05) is 39.1 Å². The number of carbonyl (C=O) groups is 2. The maximum Gasteiger partial charge on any atom is 0.511 e. The zero-order chi connectivity index (χ0) is 36.8. The molecule has 0 unspecified atom stereocenters. The Hall–Kier alpha value is -6.11. The van der Waals surface area contributed by atoms with Gasteiger partial charge in [0.2, 0.25) is 6.79 Å². The van der Waals surface area contributed by atoms with E-state index in [1.165, 1.54) is 45.5 Å². The van der Waals surface area contributed by atoms with E-state index in [1.807, 2.05) is 0 Å². The molecule has 0 bridgehead atoms. The molecule has 4 rings (SSSR count). The number of aromatic nitrogens is 5. The van der Waals surface area contributed by atoms with Gasteiger partial charge < -0.3 is 44.9 Å². The van der Waals surface area contributed by atoms with Crippen LogP contribution in [0.2, 0.25) is 0 Å². The van der Waals surface area contributed by atoms with Gasteiger partial charge in [-0.15, -0.1) is 9.78 Å². The number of rotatable bonds is 15. The van der Waals surface area contributed by atoms with Crippen molar-refractivity contribution >= 4 is 23.6 Å². The number of aliphatic hydroxyl groups excluding tert-OH is 1. The van der Waals surface area contributed by atoms with E-state index in [1.54, 1.807) is 30.3 Å². The number of ether oxygens (including phenoxy) is 5. The number of benzene rings is 2. The van der Waals surface area contributed by atoms with Crippen LogP contribution in [0, 0.1) is 11.2 Å². The van der Waals surface area contributed by atoms with Gasteiger partial charge in [0.1, 0.15) is 36.5 Å². The number of anilines is 1. The van der Waals surface area contributed by atoms with Crippen molar-refractivity contribution in [2.24, 2.45) is 5.73 Å². The minimum absolute atomic E-state index is 0.0139. The van der Waals surface area contributed by atoms with Gasteiger partial charge in [-0.25, -0.2) is 23.5 Å². The molecule has 0 aliphatic carbocycles. The lowest BCUT2D eigenvalue weighted by Gasteiger charge is -2.21. The molecule has 0 amide bonds. The summed E-state index contributed by atoms with van der Waals surface area (Å²) in [5, 5.41) is 32.0. The molecule has 268 valence electrons. The van der Waals surface area contributed by atoms with Gasteiger partial charge in [-0.2, -0.15) is 4.98 Å². The number of carbonyl (C=O) groups excluding carboxylic acids is 1. The number of amidine groups is 1. The zero-order valence-electron chi connectivity index (χ0n) is 27.4. The smallest absolute Gasteiger partial charge is 0.497 e. The van der Waals surface area contributed by atoms with Crippen LogP contribution < -0.4 is 25.3 Å². The van der Waals surface area contributed by atoms with Crippen molar-refractivity contribution in [3.63, 3.8) is 0 Å². The molecule has 50 heavy (non-hydrogen) atoms. The number of aliphatic hydroxyl groups is 1. The number of nitrogens with one attached hydrogen (secondary N) is 2. The Labute approximate surface area is 284 Å². The number of halogens is 2. The molecule has 0 saturated heterocycles. The minimum atomic E-state index is -1.41. The first-order chi connectivity index (χ1) is 23.8. The number of nitrogens with two attached hydrogens (primary N) is 1. The first kappa shape index (κ1) is 38.3. The van der Waals surface area contributed by atoms with Crippen molar-refractivity contribution in [2.45, 2.75) is 32.4 Å². The molecule has 0 aliphatic rings. The highest BCUT2D eigenvalue weighted by molar-refractivity contribution is 5.95. The van der Waals surface area contributed by atoms with E-state index in [-0.39, 0.29) is 53.9 Å². The van der Waals surface area contributed by atoms with Crippen LogP contribution >= 0.6 is 0 Å². The first-order valence-corrected chi connectivity index (χ1v) is 14.6. The molecule has 1 atom stereocenters. The summed E-state index contributed by atoms with van der Waals surface area (Å²) in [6.07, 6.45) is 1.70. The summed E-state index contributed by atoms with van der Waals surface area (Å²) in [4.78, 5) is 33.8. The first-order valence-electron chi connectivity index (χ1n) is 14.6. The standard InChI is InChI=1S/C29H32F2N8O7.C2H4O2/c1-29(2,15-30)46-28(41)45-16-44-27-37-25(38-39(27)26-34-9-4-10-35-26)23(36-18-7-5-17(6-8-18)24(32)33)20-13-19(42-3)14-21(22(20)31)43-12-11-40;1-2(3)4/h4-10,13-14,23,36,40H,11-12,15-16H2,1-3H3,(H3,32,33);1H3,(H,3,4)/t23-;/m1./s1. The fraction of sp³-hybridized carbons (Fsp3) is 0.323. The summed E-state index contributed by atoms with van der Waals surface area (Å²) < 4.78 is 56.4. The topological polar surface area (TPSA) is 239 Å². The molecule has 2 heterocycles. The van der Waals surface area contributed by atoms with Crippen LogP contribution in [0.3, 0.4) is 0 Å². The van der Waals surface area contributed by atoms with Gasteiger partial charge in [0, 0.05) is 42.2 Å². The minimum Gasteiger partial charge on any atom is -0.497 e. The summed E-state index contributed by atoms with van der Waals surface area (Å²) in [7, 11) is 1.39. The molecule has 19 heteroatoms. The Morgan fingerprint density at radius 2 is 1.80 bits per heavy atom. The van der Waals surface area contributed by atoms with E-state index in [0.29, 0.717) is 11.3 Å². The van der Waals surface area contributed by atoms with E-state index in [9.17, 15) is 14.3 Å². The van der Waals surface area contributed by atoms with Crippen LogP contribution in [0.4, 0.5) is 19.3 Å². The molecule has 6 N–H and O–H groups in total. The average Bonchev–Trinajstić information content (AvgIpc) is 3.50. The lowest BCUT2D eigenvalue weighted by Crippen LogP contribution is -2.31. The Morgan fingerprint density at radius 3 is 2.38 bits per heavy atom. The predicted molar refractivity (Wildman–Crippen MR) is 172 cm³/mol. The van der Waals surface area contributed by atoms with Gasteiger partial charge in [-0.3, -0.25) is 10.2 Å². The third-order valence-electron chi connectivity index (χ3n) is 6.08. The van der Waals surface area contributed by atoms with Gasteiger partial charge in [-0.05, 0) is 50.2 Å². The second-order valence-corrected chi connectivity index (χ2v) is 10.6. The van der Waals surface area contributed by atoms with Gasteiger partial charge >= 0.3 is 12.2 Å². The van der Waals surface area contributed by atoms with Crippen molar-refractivity contribution in [3.8, 4) is 23.5 Å². The maximum absolute atomic E-state index is 16.0. The van der Waals surface area contributed by atoms with Crippen LogP contribution in [0.25, 0.3) is 5.95 Å². The number of carboxylic acid groups (broad SMARTS) is 1. The normalized spacial score (nSPS) is 11.3. The van der Waals surface area contributed by atoms with E-state index in [4.69, 9.17) is 44.7 Å². The van der Waals surface area contributed by atoms with Crippen LogP contribution in [0.1, 0.15) is 43.8 Å². The molecule has 0 spiro atoms. The second kappa shape index (κ2) is 17.9. The summed E-state index contributed by atoms with van der Waals surface area (Å²) >= 11 is 0. The fourth-order valence-corrected chi connectivity index (χ4v) is 3.85. The van der Waals surface area contributed by atoms with Crippen molar-refractivity contribution < 1.29 is 52.3 Å². The number of hydrogen-bond acceptors (Lipinski definition) is 14. The SMILES string of the molecule is CC(=O)O.COc1cc(OCCO)c(F)c([C@@H](Nc2ccc(C(=N)N)cc2)c2nc(OCOC(=O)OC(C)(C)CF)n(-c3ncccn3)n2)c1. The lowest BCUT2D eigenvalue weighted by atomic mass is 10.0. The summed E-state index contributed by atoms with van der Waals surface area (Å²) in [5.41, 5.74) is 5.08. The third-order valence-corrected chi connectivity index (χ3v) is 6.08. The Balaban J connectivity index is 0.00000160. The number of nitrogen functional groups attached to an aromatic ring is 1. The number of nitrogens with zero attached hydrogens (tertiary/aromatic N) is 5. The number of carboxylic acids is 1. The quantitative estimate of drug-likeness (QED) is 0.0516. The highest BCUT2D eigenvalue weighted by Crippen LogP contribution is 2.36. The number of methoxy groups -OCH3 is 1. The maximum atomic E-state index is 16.0. The van der Waals surface area contributed by atoms with Gasteiger partial charge in [0.15, 0.2) is 17.4 Å². The number of hydrogen-bond donors (Lipinski definition) is 5. The Bertz CT molecular complexity index is 1740. The van der Waals surface area contributed by atoms with E-state index in [2.05, 4.69) is 25.4 Å². The van der Waals surface area contributed by atoms with Gasteiger partial charge in [0.05, 0.1) is 13.7 Å². The molecule has 2 aromatic carbocycles. The fourth-order valence-electron chi connectivity index (χ4n) is 3.85. The van der Waals surface area contributed by atoms with Crippen molar-refractivity contribution in [3.05, 3.63) is 77.6 Å². The molecule has 0 fully saturated rings. The molecule has 17 nitrogen and oxygen atoms in total. The summed E-state index contributed by atoms with van der Waals surface area (Å²) in [6, 6.07) is 9.34. The molecule has 0 aliphatic heterocycles. The Morgan fingerprint density at radius 1 is 1.14 bits per heavy atom. The molecule has 4 aromatic rings. The zero-order valence-corrected chi connectivity index (χ0v) is 27.4. The Kier molecular flexibility index (Phi) is 13.7. The number of alkyl halides is 1. The van der Waals surface area contributed by atoms with Gasteiger partial charge in [0.25, 0.3) is 11.9 Å². The van der Waals surface area contributed by atoms with Crippen molar-refractivity contribution in [1.29, 1.82) is 5.41 Å². The van der Waals surface area contributed by atoms with E-state index >= 15 is 4.39 Å².